The molecule has 0 radical (unpaired) electrons. The number of nitrogens with zero attached hydrogens (tertiary/aromatic N) is 4. The van der Waals surface area contributed by atoms with Gasteiger partial charge in [-0.2, -0.15) is 9.78 Å². The van der Waals surface area contributed by atoms with Gasteiger partial charge in [0, 0.05) is 27.5 Å². The molecule has 0 spiro atoms. The fourth-order valence-electron chi connectivity index (χ4n) is 4.49. The van der Waals surface area contributed by atoms with Crippen LogP contribution in [0.25, 0.3) is 21.7 Å². The number of benzene rings is 4. The Balaban J connectivity index is 1.59. The van der Waals surface area contributed by atoms with Crippen molar-refractivity contribution in [1.82, 2.24) is 9.66 Å². The molecule has 5 rings (SSSR count). The van der Waals surface area contributed by atoms with Crippen LogP contribution in [0.4, 0.5) is 5.69 Å². The summed E-state index contributed by atoms with van der Waals surface area (Å²) in [6.45, 7) is 2.13. The highest BCUT2D eigenvalue weighted by Gasteiger charge is 2.21. The molecule has 0 aliphatic rings. The third kappa shape index (κ3) is 5.76. The van der Waals surface area contributed by atoms with Gasteiger partial charge in [-0.1, -0.05) is 83.3 Å². The third-order valence-electron chi connectivity index (χ3n) is 6.45. The molecule has 8 nitrogen and oxygen atoms in total. The number of nitro benzene ring substituents is 1. The van der Waals surface area contributed by atoms with Crippen molar-refractivity contribution in [2.75, 3.05) is 0 Å². The normalized spacial score (nSPS) is 11.5. The van der Waals surface area contributed by atoms with Gasteiger partial charge in [0.05, 0.1) is 22.0 Å². The summed E-state index contributed by atoms with van der Waals surface area (Å²) in [5, 5.41) is 19.0. The molecule has 0 unspecified atom stereocenters. The first-order valence-electron chi connectivity index (χ1n) is 12.7. The van der Waals surface area contributed by atoms with Gasteiger partial charge in [0.1, 0.15) is 12.4 Å². The summed E-state index contributed by atoms with van der Waals surface area (Å²) in [7, 11) is 0. The van der Waals surface area contributed by atoms with E-state index in [2.05, 4.69) is 32.9 Å². The lowest BCUT2D eigenvalue weighted by Gasteiger charge is -2.13. The van der Waals surface area contributed by atoms with Gasteiger partial charge in [-0.3, -0.25) is 14.9 Å². The van der Waals surface area contributed by atoms with Crippen LogP contribution in [-0.2, 0) is 13.0 Å². The number of unbranched alkanes of at least 4 members (excludes halogenated alkanes) is 1. The Hall–Kier alpha value is -4.08. The molecule has 4 aromatic carbocycles. The Kier molecular flexibility index (Phi) is 8.23. The first kappa shape index (κ1) is 27.5. The van der Waals surface area contributed by atoms with Crippen molar-refractivity contribution in [1.29, 1.82) is 0 Å². The lowest BCUT2D eigenvalue weighted by molar-refractivity contribution is -0.385. The molecular weight excluding hydrogens is 596 g/mol. The average Bonchev–Trinajstić information content (AvgIpc) is 2.95. The van der Waals surface area contributed by atoms with E-state index >= 15 is 0 Å². The number of nitro groups is 1. The first-order valence-corrected chi connectivity index (χ1v) is 13.9. The summed E-state index contributed by atoms with van der Waals surface area (Å²) < 4.78 is 8.06. The second-order valence-electron chi connectivity index (χ2n) is 9.18. The number of aryl methyl sites for hydroxylation is 1. The van der Waals surface area contributed by atoms with Crippen molar-refractivity contribution in [3.8, 4) is 5.75 Å². The minimum atomic E-state index is -0.546. The maximum Gasteiger partial charge on any atom is 0.313 e. The number of rotatable bonds is 9. The SMILES string of the molecule is CCCCc1nc2ccc(Br)cc2c(=O)n1N=Cc1cc(Cl)cc([N+](=O)[O-])c1OCc1cccc2ccccc12. The van der Waals surface area contributed by atoms with Crippen molar-refractivity contribution in [2.24, 2.45) is 5.10 Å². The summed E-state index contributed by atoms with van der Waals surface area (Å²) in [6.07, 6.45) is 3.62. The molecule has 0 saturated heterocycles. The molecule has 1 heterocycles. The Morgan fingerprint density at radius 1 is 1.10 bits per heavy atom. The zero-order valence-electron chi connectivity index (χ0n) is 21.5. The highest BCUT2D eigenvalue weighted by atomic mass is 79.9. The molecule has 40 heavy (non-hydrogen) atoms. The minimum absolute atomic E-state index is 0.00531. The lowest BCUT2D eigenvalue weighted by Crippen LogP contribution is -2.22. The van der Waals surface area contributed by atoms with Crippen LogP contribution in [0.1, 0.15) is 36.7 Å². The van der Waals surface area contributed by atoms with Gasteiger partial charge in [-0.05, 0) is 47.0 Å². The van der Waals surface area contributed by atoms with E-state index in [0.717, 1.165) is 33.7 Å². The standard InChI is InChI=1S/C30H24BrClN4O4/c1-2-3-11-28-34-26-13-12-22(31)15-25(26)30(37)35(28)33-17-21-14-23(32)16-27(36(38)39)29(21)40-18-20-9-6-8-19-7-4-5-10-24(19)20/h4-10,12-17H,2-3,11,18H2,1H3. The van der Waals surface area contributed by atoms with Gasteiger partial charge >= 0.3 is 5.69 Å². The van der Waals surface area contributed by atoms with E-state index in [0.29, 0.717) is 23.1 Å². The molecule has 0 bridgehead atoms. The van der Waals surface area contributed by atoms with Gasteiger partial charge in [0.25, 0.3) is 5.56 Å². The quantitative estimate of drug-likeness (QED) is 0.0957. The first-order chi connectivity index (χ1) is 19.4. The number of aromatic nitrogens is 2. The van der Waals surface area contributed by atoms with Crippen LogP contribution < -0.4 is 10.3 Å². The van der Waals surface area contributed by atoms with Crippen molar-refractivity contribution in [3.63, 3.8) is 0 Å². The minimum Gasteiger partial charge on any atom is -0.481 e. The molecule has 0 N–H and O–H groups in total. The van der Waals surface area contributed by atoms with Crippen LogP contribution in [-0.4, -0.2) is 20.8 Å². The van der Waals surface area contributed by atoms with Crippen molar-refractivity contribution in [2.45, 2.75) is 32.8 Å². The van der Waals surface area contributed by atoms with Gasteiger partial charge < -0.3 is 4.74 Å². The number of hydrogen-bond acceptors (Lipinski definition) is 6. The number of hydrogen-bond donors (Lipinski definition) is 0. The predicted molar refractivity (Wildman–Crippen MR) is 162 cm³/mol. The molecule has 1 aromatic heterocycles. The van der Waals surface area contributed by atoms with E-state index in [-0.39, 0.29) is 34.2 Å². The van der Waals surface area contributed by atoms with Gasteiger partial charge in [0.15, 0.2) is 0 Å². The van der Waals surface area contributed by atoms with Gasteiger partial charge in [-0.15, -0.1) is 0 Å². The Morgan fingerprint density at radius 2 is 1.90 bits per heavy atom. The lowest BCUT2D eigenvalue weighted by atomic mass is 10.1. The van der Waals surface area contributed by atoms with Crippen LogP contribution >= 0.6 is 27.5 Å². The predicted octanol–water partition coefficient (Wildman–Crippen LogP) is 7.68. The Bertz CT molecular complexity index is 1830. The number of halogens is 2. The van der Waals surface area contributed by atoms with E-state index in [9.17, 15) is 14.9 Å². The molecule has 0 fully saturated rings. The summed E-state index contributed by atoms with van der Waals surface area (Å²) in [4.78, 5) is 29.6. The fraction of sp³-hybridized carbons (Fsp3) is 0.167. The second-order valence-corrected chi connectivity index (χ2v) is 10.5. The number of ether oxygens (including phenoxy) is 1. The van der Waals surface area contributed by atoms with Crippen LogP contribution in [0.2, 0.25) is 5.02 Å². The van der Waals surface area contributed by atoms with Crippen molar-refractivity contribution < 1.29 is 9.66 Å². The van der Waals surface area contributed by atoms with Crippen LogP contribution in [0.5, 0.6) is 5.75 Å². The maximum absolute atomic E-state index is 13.5. The van der Waals surface area contributed by atoms with Crippen LogP contribution in [0.15, 0.2) is 87.2 Å². The number of fused-ring (bicyclic) bond motifs is 2. The molecule has 202 valence electrons. The highest BCUT2D eigenvalue weighted by Crippen LogP contribution is 2.35. The third-order valence-corrected chi connectivity index (χ3v) is 7.16. The fourth-order valence-corrected chi connectivity index (χ4v) is 5.07. The molecule has 0 atom stereocenters. The van der Waals surface area contributed by atoms with E-state index < -0.39 is 4.92 Å². The highest BCUT2D eigenvalue weighted by molar-refractivity contribution is 9.10. The molecule has 0 amide bonds. The monoisotopic (exact) mass is 618 g/mol. The van der Waals surface area contributed by atoms with Crippen LogP contribution in [0, 0.1) is 10.1 Å². The zero-order chi connectivity index (χ0) is 28.2. The summed E-state index contributed by atoms with van der Waals surface area (Å²) in [5.41, 5.74) is 1.06. The average molecular weight is 620 g/mol. The molecule has 0 aliphatic carbocycles. The molecule has 5 aromatic rings. The van der Waals surface area contributed by atoms with Gasteiger partial charge in [-0.25, -0.2) is 4.98 Å². The summed E-state index contributed by atoms with van der Waals surface area (Å²) >= 11 is 9.67. The summed E-state index contributed by atoms with van der Waals surface area (Å²) in [5.74, 6) is 0.499. The van der Waals surface area contributed by atoms with Crippen molar-refractivity contribution in [3.05, 3.63) is 120 Å². The maximum atomic E-state index is 13.5. The topological polar surface area (TPSA) is 99.6 Å². The Morgan fingerprint density at radius 3 is 2.70 bits per heavy atom. The molecule has 0 aliphatic heterocycles. The van der Waals surface area contributed by atoms with Gasteiger partial charge in [0.2, 0.25) is 5.75 Å². The molecule has 0 saturated carbocycles. The van der Waals surface area contributed by atoms with E-state index in [1.54, 1.807) is 12.1 Å². The van der Waals surface area contributed by atoms with Crippen LogP contribution in [0.3, 0.4) is 0 Å². The van der Waals surface area contributed by atoms with E-state index in [1.165, 1.54) is 23.0 Å². The van der Waals surface area contributed by atoms with Crippen molar-refractivity contribution >= 4 is 61.1 Å². The largest absolute Gasteiger partial charge is 0.481 e. The second kappa shape index (κ2) is 12.0. The smallest absolute Gasteiger partial charge is 0.313 e. The zero-order valence-corrected chi connectivity index (χ0v) is 23.9. The van der Waals surface area contributed by atoms with E-state index in [4.69, 9.17) is 16.3 Å². The van der Waals surface area contributed by atoms with E-state index in [1.807, 2.05) is 48.5 Å². The Labute approximate surface area is 243 Å². The molecule has 10 heteroatoms. The summed E-state index contributed by atoms with van der Waals surface area (Å²) in [6, 6.07) is 21.7. The molecular formula is C30H24BrClN4O4.